The van der Waals surface area contributed by atoms with Gasteiger partial charge >= 0.3 is 0 Å². The first-order valence-corrected chi connectivity index (χ1v) is 6.16. The molecular weight excluding hydrogens is 216 g/mol. The van der Waals surface area contributed by atoms with Crippen molar-refractivity contribution < 1.29 is 0 Å². The Balaban J connectivity index is 1.89. The Morgan fingerprint density at radius 2 is 2.43 bits per heavy atom. The van der Waals surface area contributed by atoms with Gasteiger partial charge in [0.15, 0.2) is 4.47 Å². The van der Waals surface area contributed by atoms with Crippen molar-refractivity contribution in [1.29, 1.82) is 0 Å². The van der Waals surface area contributed by atoms with Gasteiger partial charge in [-0.15, -0.1) is 11.3 Å². The van der Waals surface area contributed by atoms with E-state index in [0.29, 0.717) is 10.5 Å². The van der Waals surface area contributed by atoms with Crippen molar-refractivity contribution in [3.05, 3.63) is 15.5 Å². The molecule has 0 saturated heterocycles. The Morgan fingerprint density at radius 1 is 1.71 bits per heavy atom. The average molecular weight is 231 g/mol. The summed E-state index contributed by atoms with van der Waals surface area (Å²) >= 11 is 7.37. The second kappa shape index (κ2) is 4.17. The van der Waals surface area contributed by atoms with Crippen molar-refractivity contribution in [2.45, 2.75) is 32.4 Å². The number of thiazole rings is 1. The van der Waals surface area contributed by atoms with Gasteiger partial charge in [-0.05, 0) is 32.7 Å². The van der Waals surface area contributed by atoms with E-state index in [1.165, 1.54) is 17.7 Å². The van der Waals surface area contributed by atoms with Crippen LogP contribution >= 0.6 is 22.9 Å². The topological polar surface area (TPSA) is 16.1 Å². The van der Waals surface area contributed by atoms with Crippen LogP contribution in [-0.2, 0) is 6.54 Å². The highest BCUT2D eigenvalue weighted by atomic mass is 35.5. The monoisotopic (exact) mass is 230 g/mol. The molecule has 0 aliphatic heterocycles. The first-order chi connectivity index (χ1) is 6.66. The summed E-state index contributed by atoms with van der Waals surface area (Å²) in [5, 5.41) is 0. The molecule has 0 bridgehead atoms. The predicted molar refractivity (Wildman–Crippen MR) is 60.8 cm³/mol. The van der Waals surface area contributed by atoms with Crippen molar-refractivity contribution in [2.24, 2.45) is 5.92 Å². The fourth-order valence-corrected chi connectivity index (χ4v) is 2.73. The van der Waals surface area contributed by atoms with Crippen LogP contribution in [0.4, 0.5) is 0 Å². The summed E-state index contributed by atoms with van der Waals surface area (Å²) in [5.74, 6) is 0.920. The molecule has 0 amide bonds. The SMILES string of the molecule is CC(C1CC1)N(C)Cc1cnc(Cl)s1. The number of rotatable bonds is 4. The lowest BCUT2D eigenvalue weighted by Gasteiger charge is -2.23. The highest BCUT2D eigenvalue weighted by Crippen LogP contribution is 2.35. The molecule has 0 aromatic carbocycles. The molecule has 1 fully saturated rings. The van der Waals surface area contributed by atoms with Crippen molar-refractivity contribution in [3.8, 4) is 0 Å². The van der Waals surface area contributed by atoms with Gasteiger partial charge in [0.25, 0.3) is 0 Å². The Morgan fingerprint density at radius 3 is 2.93 bits per heavy atom. The Kier molecular flexibility index (Phi) is 3.10. The fraction of sp³-hybridized carbons (Fsp3) is 0.700. The summed E-state index contributed by atoms with van der Waals surface area (Å²) in [5.41, 5.74) is 0. The molecule has 4 heteroatoms. The quantitative estimate of drug-likeness (QED) is 0.791. The zero-order valence-corrected chi connectivity index (χ0v) is 10.1. The molecule has 1 heterocycles. The van der Waals surface area contributed by atoms with E-state index >= 15 is 0 Å². The molecular formula is C10H15ClN2S. The van der Waals surface area contributed by atoms with Crippen molar-refractivity contribution in [3.63, 3.8) is 0 Å². The van der Waals surface area contributed by atoms with Gasteiger partial charge in [-0.3, -0.25) is 4.90 Å². The van der Waals surface area contributed by atoms with Gasteiger partial charge in [-0.2, -0.15) is 0 Å². The minimum Gasteiger partial charge on any atom is -0.298 e. The predicted octanol–water partition coefficient (Wildman–Crippen LogP) is 3.03. The van der Waals surface area contributed by atoms with Crippen molar-refractivity contribution >= 4 is 22.9 Å². The molecule has 2 rings (SSSR count). The average Bonchev–Trinajstić information content (AvgIpc) is 2.91. The van der Waals surface area contributed by atoms with Crippen LogP contribution in [0.2, 0.25) is 4.47 Å². The fourth-order valence-electron chi connectivity index (χ4n) is 1.69. The molecule has 1 unspecified atom stereocenters. The Hall–Kier alpha value is -0.120. The standard InChI is InChI=1S/C10H15ClN2S/c1-7(8-3-4-8)13(2)6-9-5-12-10(11)14-9/h5,7-8H,3-4,6H2,1-2H3. The molecule has 1 aromatic rings. The van der Waals surface area contributed by atoms with E-state index in [4.69, 9.17) is 11.6 Å². The summed E-state index contributed by atoms with van der Waals surface area (Å²) in [6, 6.07) is 0.691. The van der Waals surface area contributed by atoms with Gasteiger partial charge in [-0.1, -0.05) is 11.6 Å². The van der Waals surface area contributed by atoms with E-state index < -0.39 is 0 Å². The molecule has 1 saturated carbocycles. The number of hydrogen-bond acceptors (Lipinski definition) is 3. The highest BCUT2D eigenvalue weighted by Gasteiger charge is 2.30. The van der Waals surface area contributed by atoms with Crippen LogP contribution in [0.15, 0.2) is 6.20 Å². The molecule has 1 aromatic heterocycles. The lowest BCUT2D eigenvalue weighted by molar-refractivity contribution is 0.228. The molecule has 2 nitrogen and oxygen atoms in total. The zero-order valence-electron chi connectivity index (χ0n) is 8.53. The maximum atomic E-state index is 5.79. The van der Waals surface area contributed by atoms with E-state index in [-0.39, 0.29) is 0 Å². The summed E-state index contributed by atoms with van der Waals surface area (Å²) in [6.45, 7) is 3.28. The van der Waals surface area contributed by atoms with Gasteiger partial charge in [-0.25, -0.2) is 4.98 Å². The highest BCUT2D eigenvalue weighted by molar-refractivity contribution is 7.15. The Bertz CT molecular complexity index is 309. The summed E-state index contributed by atoms with van der Waals surface area (Å²) in [6.07, 6.45) is 4.67. The van der Waals surface area contributed by atoms with E-state index in [9.17, 15) is 0 Å². The molecule has 1 aliphatic rings. The normalized spacial score (nSPS) is 18.9. The number of aromatic nitrogens is 1. The molecule has 0 spiro atoms. The molecule has 1 aliphatic carbocycles. The molecule has 78 valence electrons. The summed E-state index contributed by atoms with van der Waals surface area (Å²) in [7, 11) is 2.18. The largest absolute Gasteiger partial charge is 0.298 e. The van der Waals surface area contributed by atoms with Crippen LogP contribution in [0.5, 0.6) is 0 Å². The molecule has 0 N–H and O–H groups in total. The third kappa shape index (κ3) is 2.47. The van der Waals surface area contributed by atoms with Crippen LogP contribution in [0.25, 0.3) is 0 Å². The van der Waals surface area contributed by atoms with E-state index in [0.717, 1.165) is 12.5 Å². The minimum absolute atomic E-state index is 0.646. The zero-order chi connectivity index (χ0) is 10.1. The maximum Gasteiger partial charge on any atom is 0.183 e. The van der Waals surface area contributed by atoms with Crippen LogP contribution in [0.3, 0.4) is 0 Å². The van der Waals surface area contributed by atoms with Crippen molar-refractivity contribution in [2.75, 3.05) is 7.05 Å². The smallest absolute Gasteiger partial charge is 0.183 e. The third-order valence-corrected chi connectivity index (χ3v) is 4.03. The van der Waals surface area contributed by atoms with E-state index in [1.54, 1.807) is 11.3 Å². The lowest BCUT2D eigenvalue weighted by atomic mass is 10.2. The first kappa shape index (κ1) is 10.4. The van der Waals surface area contributed by atoms with Gasteiger partial charge in [0, 0.05) is 23.7 Å². The number of nitrogens with zero attached hydrogens (tertiary/aromatic N) is 2. The maximum absolute atomic E-state index is 5.79. The van der Waals surface area contributed by atoms with Gasteiger partial charge in [0.1, 0.15) is 0 Å². The second-order valence-corrected chi connectivity index (χ2v) is 5.77. The first-order valence-electron chi connectivity index (χ1n) is 4.97. The molecule has 14 heavy (non-hydrogen) atoms. The number of hydrogen-bond donors (Lipinski definition) is 0. The van der Waals surface area contributed by atoms with E-state index in [2.05, 4.69) is 23.9 Å². The lowest BCUT2D eigenvalue weighted by Crippen LogP contribution is -2.29. The summed E-state index contributed by atoms with van der Waals surface area (Å²) in [4.78, 5) is 7.69. The number of halogens is 1. The van der Waals surface area contributed by atoms with Crippen LogP contribution in [-0.4, -0.2) is 23.0 Å². The minimum atomic E-state index is 0.646. The van der Waals surface area contributed by atoms with Crippen molar-refractivity contribution in [1.82, 2.24) is 9.88 Å². The van der Waals surface area contributed by atoms with Crippen LogP contribution in [0, 0.1) is 5.92 Å². The molecule has 0 radical (unpaired) electrons. The molecule has 1 atom stereocenters. The van der Waals surface area contributed by atoms with E-state index in [1.807, 2.05) is 6.20 Å². The summed E-state index contributed by atoms with van der Waals surface area (Å²) < 4.78 is 0.646. The third-order valence-electron chi connectivity index (χ3n) is 2.93. The van der Waals surface area contributed by atoms with Gasteiger partial charge < -0.3 is 0 Å². The van der Waals surface area contributed by atoms with Gasteiger partial charge in [0.2, 0.25) is 0 Å². The van der Waals surface area contributed by atoms with Crippen LogP contribution in [0.1, 0.15) is 24.6 Å². The Labute approximate surface area is 93.9 Å². The van der Waals surface area contributed by atoms with Crippen LogP contribution < -0.4 is 0 Å². The second-order valence-electron chi connectivity index (χ2n) is 4.07. The van der Waals surface area contributed by atoms with Gasteiger partial charge in [0.05, 0.1) is 0 Å².